The van der Waals surface area contributed by atoms with Crippen molar-refractivity contribution in [3.8, 4) is 5.75 Å². The van der Waals surface area contributed by atoms with E-state index in [-0.39, 0.29) is 17.7 Å². The molecule has 2 aromatic rings. The van der Waals surface area contributed by atoms with Gasteiger partial charge < -0.3 is 4.74 Å². The molecule has 2 amide bonds. The summed E-state index contributed by atoms with van der Waals surface area (Å²) in [5.41, 5.74) is 1.88. The topological polar surface area (TPSA) is 46.6 Å². The van der Waals surface area contributed by atoms with Crippen LogP contribution in [0.25, 0.3) is 6.08 Å². The zero-order valence-corrected chi connectivity index (χ0v) is 14.4. The van der Waals surface area contributed by atoms with Crippen molar-refractivity contribution in [1.82, 2.24) is 4.90 Å². The molecule has 1 fully saturated rings. The molecule has 0 radical (unpaired) electrons. The highest BCUT2D eigenvalue weighted by Crippen LogP contribution is 2.35. The molecular formula is C17H15NO3S2. The van der Waals surface area contributed by atoms with Crippen LogP contribution in [0.15, 0.2) is 40.6 Å². The zero-order chi connectivity index (χ0) is 16.4. The quantitative estimate of drug-likeness (QED) is 0.775. The van der Waals surface area contributed by atoms with Crippen LogP contribution in [-0.2, 0) is 11.3 Å². The summed E-state index contributed by atoms with van der Waals surface area (Å²) in [5, 5.41) is 1.69. The normalized spacial score (nSPS) is 16.4. The molecule has 1 saturated heterocycles. The van der Waals surface area contributed by atoms with E-state index in [1.165, 1.54) is 16.2 Å². The summed E-state index contributed by atoms with van der Waals surface area (Å²) in [5.74, 6) is 0.425. The van der Waals surface area contributed by atoms with E-state index in [4.69, 9.17) is 4.74 Å². The van der Waals surface area contributed by atoms with Gasteiger partial charge >= 0.3 is 0 Å². The fourth-order valence-corrected chi connectivity index (χ4v) is 3.90. The summed E-state index contributed by atoms with van der Waals surface area (Å²) in [7, 11) is 1.58. The summed E-state index contributed by atoms with van der Waals surface area (Å²) in [4.78, 5) is 27.4. The molecule has 4 nitrogen and oxygen atoms in total. The molecular weight excluding hydrogens is 330 g/mol. The van der Waals surface area contributed by atoms with Crippen molar-refractivity contribution in [2.45, 2.75) is 13.5 Å². The van der Waals surface area contributed by atoms with Crippen LogP contribution >= 0.6 is 23.1 Å². The lowest BCUT2D eigenvalue weighted by Crippen LogP contribution is -2.27. The molecule has 1 aliphatic rings. The van der Waals surface area contributed by atoms with Gasteiger partial charge in [-0.25, -0.2) is 0 Å². The van der Waals surface area contributed by atoms with Crippen molar-refractivity contribution in [2.24, 2.45) is 0 Å². The van der Waals surface area contributed by atoms with Gasteiger partial charge in [-0.15, -0.1) is 11.3 Å². The summed E-state index contributed by atoms with van der Waals surface area (Å²) < 4.78 is 5.32. The number of methoxy groups -OCH3 is 1. The van der Waals surface area contributed by atoms with Crippen molar-refractivity contribution in [2.75, 3.05) is 7.11 Å². The molecule has 6 heteroatoms. The Labute approximate surface area is 142 Å². The average molecular weight is 345 g/mol. The Bertz CT molecular complexity index is 781. The van der Waals surface area contributed by atoms with Gasteiger partial charge in [-0.2, -0.15) is 0 Å². The van der Waals surface area contributed by atoms with Crippen LogP contribution in [0.1, 0.15) is 16.0 Å². The molecule has 1 aromatic carbocycles. The van der Waals surface area contributed by atoms with Crippen molar-refractivity contribution < 1.29 is 14.3 Å². The molecule has 118 valence electrons. The number of carbonyl (C=O) groups is 2. The lowest BCUT2D eigenvalue weighted by atomic mass is 10.1. The summed E-state index contributed by atoms with van der Waals surface area (Å²) in [6, 6.07) is 9.56. The second-order valence-electron chi connectivity index (χ2n) is 5.10. The molecule has 0 atom stereocenters. The number of aryl methyl sites for hydroxylation is 1. The minimum absolute atomic E-state index is 0.220. The van der Waals surface area contributed by atoms with E-state index in [1.54, 1.807) is 13.2 Å². The van der Waals surface area contributed by atoms with Crippen LogP contribution in [0.5, 0.6) is 5.75 Å². The van der Waals surface area contributed by atoms with Crippen LogP contribution in [0, 0.1) is 6.92 Å². The third-order valence-electron chi connectivity index (χ3n) is 3.45. The lowest BCUT2D eigenvalue weighted by molar-refractivity contribution is -0.123. The number of benzene rings is 1. The smallest absolute Gasteiger partial charge is 0.293 e. The number of nitrogens with zero attached hydrogens (tertiary/aromatic N) is 1. The number of carbonyl (C=O) groups excluding carboxylic acids is 2. The van der Waals surface area contributed by atoms with E-state index >= 15 is 0 Å². The molecule has 0 aliphatic carbocycles. The van der Waals surface area contributed by atoms with E-state index in [2.05, 4.69) is 0 Å². The first-order valence-corrected chi connectivity index (χ1v) is 8.70. The Morgan fingerprint density at radius 3 is 2.78 bits per heavy atom. The number of hydrogen-bond acceptors (Lipinski definition) is 5. The molecule has 0 saturated carbocycles. The molecule has 1 aromatic heterocycles. The van der Waals surface area contributed by atoms with Crippen molar-refractivity contribution >= 4 is 40.3 Å². The molecule has 0 N–H and O–H groups in total. The van der Waals surface area contributed by atoms with Gasteiger partial charge in [0.1, 0.15) is 5.75 Å². The number of rotatable bonds is 4. The van der Waals surface area contributed by atoms with Gasteiger partial charge in [-0.3, -0.25) is 14.5 Å². The first-order chi connectivity index (χ1) is 11.1. The number of imide groups is 1. The molecule has 1 aliphatic heterocycles. The number of ether oxygens (including phenoxy) is 1. The Morgan fingerprint density at radius 1 is 1.26 bits per heavy atom. The lowest BCUT2D eigenvalue weighted by Gasteiger charge is -2.15. The summed E-state index contributed by atoms with van der Waals surface area (Å²) >= 11 is 2.52. The largest absolute Gasteiger partial charge is 0.496 e. The summed E-state index contributed by atoms with van der Waals surface area (Å²) in [6.07, 6.45) is 1.77. The first kappa shape index (κ1) is 15.8. The minimum atomic E-state index is -0.253. The fourth-order valence-electron chi connectivity index (χ4n) is 2.34. The highest BCUT2D eigenvalue weighted by atomic mass is 32.2. The SMILES string of the molecule is COc1ccc(C)cc1CN1C(=O)S/C(=C\c2cccs2)C1=O. The molecule has 0 spiro atoms. The van der Waals surface area contributed by atoms with Crippen LogP contribution in [0.3, 0.4) is 0 Å². The molecule has 23 heavy (non-hydrogen) atoms. The predicted octanol–water partition coefficient (Wildman–Crippen LogP) is 4.30. The van der Waals surface area contributed by atoms with Gasteiger partial charge in [0.05, 0.1) is 18.6 Å². The van der Waals surface area contributed by atoms with Gasteiger partial charge in [0.15, 0.2) is 0 Å². The standard InChI is InChI=1S/C17H15NO3S2/c1-11-5-6-14(21-2)12(8-11)10-18-16(19)15(23-17(18)20)9-13-4-3-7-22-13/h3-9H,10H2,1-2H3/b15-9-. The zero-order valence-electron chi connectivity index (χ0n) is 12.7. The number of thioether (sulfide) groups is 1. The van der Waals surface area contributed by atoms with E-state index in [0.717, 1.165) is 27.8 Å². The Balaban J connectivity index is 1.85. The van der Waals surface area contributed by atoms with Crippen molar-refractivity contribution in [3.63, 3.8) is 0 Å². The molecule has 2 heterocycles. The minimum Gasteiger partial charge on any atom is -0.496 e. The van der Waals surface area contributed by atoms with Gasteiger partial charge in [0, 0.05) is 10.4 Å². The predicted molar refractivity (Wildman–Crippen MR) is 93.6 cm³/mol. The van der Waals surface area contributed by atoms with Crippen molar-refractivity contribution in [3.05, 3.63) is 56.6 Å². The van der Waals surface area contributed by atoms with Crippen LogP contribution in [0.2, 0.25) is 0 Å². The number of hydrogen-bond donors (Lipinski definition) is 0. The Morgan fingerprint density at radius 2 is 2.09 bits per heavy atom. The molecule has 0 bridgehead atoms. The highest BCUT2D eigenvalue weighted by molar-refractivity contribution is 8.18. The maximum Gasteiger partial charge on any atom is 0.293 e. The average Bonchev–Trinajstić information content (AvgIpc) is 3.12. The maximum absolute atomic E-state index is 12.5. The first-order valence-electron chi connectivity index (χ1n) is 7.01. The third kappa shape index (κ3) is 3.33. The second kappa shape index (κ2) is 6.60. The number of amides is 2. The molecule has 0 unspecified atom stereocenters. The van der Waals surface area contributed by atoms with Crippen molar-refractivity contribution in [1.29, 1.82) is 0 Å². The van der Waals surface area contributed by atoms with Gasteiger partial charge in [-0.05, 0) is 42.3 Å². The van der Waals surface area contributed by atoms with Gasteiger partial charge in [-0.1, -0.05) is 23.8 Å². The fraction of sp³-hybridized carbons (Fsp3) is 0.176. The van der Waals surface area contributed by atoms with Gasteiger partial charge in [0.25, 0.3) is 11.1 Å². The van der Waals surface area contributed by atoms with Crippen LogP contribution in [-0.4, -0.2) is 23.2 Å². The third-order valence-corrected chi connectivity index (χ3v) is 5.18. The van der Waals surface area contributed by atoms with E-state index in [1.807, 2.05) is 42.6 Å². The molecule has 3 rings (SSSR count). The Kier molecular flexibility index (Phi) is 4.54. The van der Waals surface area contributed by atoms with E-state index in [0.29, 0.717) is 10.7 Å². The van der Waals surface area contributed by atoms with E-state index in [9.17, 15) is 9.59 Å². The van der Waals surface area contributed by atoms with Crippen LogP contribution in [0.4, 0.5) is 4.79 Å². The van der Waals surface area contributed by atoms with Gasteiger partial charge in [0.2, 0.25) is 0 Å². The van der Waals surface area contributed by atoms with E-state index < -0.39 is 0 Å². The Hall–Kier alpha value is -2.05. The second-order valence-corrected chi connectivity index (χ2v) is 7.07. The maximum atomic E-state index is 12.5. The number of thiophene rings is 1. The monoisotopic (exact) mass is 345 g/mol. The summed E-state index contributed by atoms with van der Waals surface area (Å²) in [6.45, 7) is 2.19. The van der Waals surface area contributed by atoms with Crippen LogP contribution < -0.4 is 4.74 Å². The highest BCUT2D eigenvalue weighted by Gasteiger charge is 2.35.